The smallest absolute Gasteiger partial charge is 0.267 e. The molecule has 128 valence electrons. The molecule has 0 atom stereocenters. The summed E-state index contributed by atoms with van der Waals surface area (Å²) < 4.78 is 0.709. The van der Waals surface area contributed by atoms with Gasteiger partial charge in [-0.2, -0.15) is 5.10 Å². The molecule has 0 aliphatic carbocycles. The second-order valence-electron chi connectivity index (χ2n) is 5.68. The maximum absolute atomic E-state index is 12.7. The van der Waals surface area contributed by atoms with Crippen LogP contribution in [0.15, 0.2) is 47.6 Å². The van der Waals surface area contributed by atoms with Crippen LogP contribution >= 0.6 is 22.9 Å². The molecule has 0 radical (unpaired) electrons. The average Bonchev–Trinajstić information content (AvgIpc) is 3.03. The zero-order valence-corrected chi connectivity index (χ0v) is 15.6. The van der Waals surface area contributed by atoms with Crippen molar-refractivity contribution in [1.82, 2.24) is 10.4 Å². The number of nitrogens with zero attached hydrogens (tertiary/aromatic N) is 2. The minimum Gasteiger partial charge on any atom is -0.267 e. The van der Waals surface area contributed by atoms with Gasteiger partial charge in [0.1, 0.15) is 0 Å². The number of hydrogen-bond donors (Lipinski definition) is 1. The van der Waals surface area contributed by atoms with Crippen molar-refractivity contribution in [2.45, 2.75) is 26.7 Å². The van der Waals surface area contributed by atoms with Crippen molar-refractivity contribution in [2.24, 2.45) is 5.10 Å². The van der Waals surface area contributed by atoms with E-state index in [-0.39, 0.29) is 5.91 Å². The van der Waals surface area contributed by atoms with E-state index >= 15 is 0 Å². The summed E-state index contributed by atoms with van der Waals surface area (Å²) in [6.45, 7) is 3.95. The third-order valence-electron chi connectivity index (χ3n) is 3.73. The van der Waals surface area contributed by atoms with Gasteiger partial charge in [0.15, 0.2) is 0 Å². The molecule has 0 unspecified atom stereocenters. The SMILES string of the molecule is CCC/C(=N/NC(=O)c1cc(C)nc2ccccc12)c1ccc(Cl)s1. The number of halogens is 1. The summed E-state index contributed by atoms with van der Waals surface area (Å²) >= 11 is 7.48. The van der Waals surface area contributed by atoms with Crippen LogP contribution in [0.5, 0.6) is 0 Å². The predicted octanol–water partition coefficient (Wildman–Crippen LogP) is 5.19. The highest BCUT2D eigenvalue weighted by molar-refractivity contribution is 7.18. The van der Waals surface area contributed by atoms with Gasteiger partial charge in [-0.15, -0.1) is 11.3 Å². The van der Waals surface area contributed by atoms with E-state index in [2.05, 4.69) is 22.4 Å². The number of para-hydroxylation sites is 1. The molecule has 4 nitrogen and oxygen atoms in total. The Bertz CT molecular complexity index is 949. The van der Waals surface area contributed by atoms with Crippen molar-refractivity contribution >= 4 is 45.5 Å². The number of carbonyl (C=O) groups is 1. The minimum atomic E-state index is -0.238. The van der Waals surface area contributed by atoms with Gasteiger partial charge in [-0.05, 0) is 37.6 Å². The predicted molar refractivity (Wildman–Crippen MR) is 105 cm³/mol. The third kappa shape index (κ3) is 4.06. The molecule has 0 bridgehead atoms. The van der Waals surface area contributed by atoms with Crippen LogP contribution in [-0.2, 0) is 0 Å². The number of hydrazone groups is 1. The van der Waals surface area contributed by atoms with Crippen molar-refractivity contribution in [1.29, 1.82) is 0 Å². The summed E-state index contributed by atoms with van der Waals surface area (Å²) in [4.78, 5) is 18.1. The number of aryl methyl sites for hydroxylation is 1. The fourth-order valence-corrected chi connectivity index (χ4v) is 3.67. The molecule has 1 N–H and O–H groups in total. The first kappa shape index (κ1) is 17.6. The molecule has 6 heteroatoms. The van der Waals surface area contributed by atoms with Crippen molar-refractivity contribution in [3.8, 4) is 0 Å². The fourth-order valence-electron chi connectivity index (χ4n) is 2.61. The molecule has 0 saturated carbocycles. The van der Waals surface area contributed by atoms with Gasteiger partial charge in [-0.25, -0.2) is 5.43 Å². The van der Waals surface area contributed by atoms with Gasteiger partial charge < -0.3 is 0 Å². The van der Waals surface area contributed by atoms with Crippen LogP contribution in [-0.4, -0.2) is 16.6 Å². The van der Waals surface area contributed by atoms with Gasteiger partial charge in [-0.3, -0.25) is 9.78 Å². The van der Waals surface area contributed by atoms with E-state index in [0.717, 1.165) is 40.0 Å². The van der Waals surface area contributed by atoms with E-state index in [1.165, 1.54) is 11.3 Å². The first-order valence-electron chi connectivity index (χ1n) is 8.07. The minimum absolute atomic E-state index is 0.238. The number of pyridine rings is 1. The number of benzene rings is 1. The van der Waals surface area contributed by atoms with Gasteiger partial charge in [0.25, 0.3) is 5.91 Å². The zero-order valence-electron chi connectivity index (χ0n) is 14.0. The van der Waals surface area contributed by atoms with Gasteiger partial charge in [0, 0.05) is 11.1 Å². The number of amides is 1. The van der Waals surface area contributed by atoms with Gasteiger partial charge >= 0.3 is 0 Å². The average molecular weight is 372 g/mol. The molecular formula is C19H18ClN3OS. The van der Waals surface area contributed by atoms with Crippen LogP contribution in [0, 0.1) is 6.92 Å². The van der Waals surface area contributed by atoms with Crippen LogP contribution in [0.1, 0.15) is 40.7 Å². The Morgan fingerprint density at radius 3 is 2.80 bits per heavy atom. The Hall–Kier alpha value is -2.24. The quantitative estimate of drug-likeness (QED) is 0.495. The van der Waals surface area contributed by atoms with Crippen LogP contribution in [0.25, 0.3) is 10.9 Å². The summed E-state index contributed by atoms with van der Waals surface area (Å²) in [6, 6.07) is 13.2. The number of rotatable bonds is 5. The monoisotopic (exact) mass is 371 g/mol. The second-order valence-corrected chi connectivity index (χ2v) is 7.40. The van der Waals surface area contributed by atoms with Crippen LogP contribution < -0.4 is 5.43 Å². The second kappa shape index (κ2) is 7.76. The molecule has 0 spiro atoms. The molecule has 25 heavy (non-hydrogen) atoms. The summed E-state index contributed by atoms with van der Waals surface area (Å²) in [5.74, 6) is -0.238. The molecule has 0 aliphatic rings. The largest absolute Gasteiger partial charge is 0.272 e. The number of nitrogens with one attached hydrogen (secondary N) is 1. The maximum Gasteiger partial charge on any atom is 0.272 e. The molecule has 2 heterocycles. The van der Waals surface area contributed by atoms with Crippen LogP contribution in [0.2, 0.25) is 4.34 Å². The highest BCUT2D eigenvalue weighted by Crippen LogP contribution is 2.23. The van der Waals surface area contributed by atoms with E-state index in [1.807, 2.05) is 43.3 Å². The third-order valence-corrected chi connectivity index (χ3v) is 5.01. The van der Waals surface area contributed by atoms with Crippen molar-refractivity contribution < 1.29 is 4.79 Å². The van der Waals surface area contributed by atoms with E-state index in [4.69, 9.17) is 11.6 Å². The zero-order chi connectivity index (χ0) is 17.8. The molecule has 1 amide bonds. The number of aromatic nitrogens is 1. The molecule has 0 fully saturated rings. The summed E-state index contributed by atoms with van der Waals surface area (Å²) in [7, 11) is 0. The van der Waals surface area contributed by atoms with Crippen molar-refractivity contribution in [3.63, 3.8) is 0 Å². The topological polar surface area (TPSA) is 54.4 Å². The molecule has 2 aromatic heterocycles. The van der Waals surface area contributed by atoms with Gasteiger partial charge in [0.2, 0.25) is 0 Å². The fraction of sp³-hybridized carbons (Fsp3) is 0.211. The number of fused-ring (bicyclic) bond motifs is 1. The van der Waals surface area contributed by atoms with Crippen molar-refractivity contribution in [3.05, 3.63) is 62.9 Å². The van der Waals surface area contributed by atoms with Crippen molar-refractivity contribution in [2.75, 3.05) is 0 Å². The first-order valence-corrected chi connectivity index (χ1v) is 9.27. The number of thiophene rings is 1. The Morgan fingerprint density at radius 1 is 1.28 bits per heavy atom. The molecule has 1 aromatic carbocycles. The van der Waals surface area contributed by atoms with E-state index in [9.17, 15) is 4.79 Å². The standard InChI is InChI=1S/C19H18ClN3OS/c1-3-6-16(17-9-10-18(20)25-17)22-23-19(24)14-11-12(2)21-15-8-5-4-7-13(14)15/h4-5,7-11H,3,6H2,1-2H3,(H,23,24)/b22-16-. The normalized spacial score (nSPS) is 11.7. The number of hydrogen-bond acceptors (Lipinski definition) is 4. The van der Waals surface area contributed by atoms with E-state index in [0.29, 0.717) is 9.90 Å². The molecule has 3 aromatic rings. The Morgan fingerprint density at radius 2 is 2.08 bits per heavy atom. The number of carbonyl (C=O) groups excluding carboxylic acids is 1. The Kier molecular flexibility index (Phi) is 5.46. The maximum atomic E-state index is 12.7. The first-order chi connectivity index (χ1) is 12.1. The lowest BCUT2D eigenvalue weighted by atomic mass is 10.1. The van der Waals surface area contributed by atoms with E-state index in [1.54, 1.807) is 6.07 Å². The highest BCUT2D eigenvalue weighted by atomic mass is 35.5. The van der Waals surface area contributed by atoms with Crippen LogP contribution in [0.3, 0.4) is 0 Å². The lowest BCUT2D eigenvalue weighted by Gasteiger charge is -2.08. The summed E-state index contributed by atoms with van der Waals surface area (Å²) in [5.41, 5.74) is 5.71. The highest BCUT2D eigenvalue weighted by Gasteiger charge is 2.12. The summed E-state index contributed by atoms with van der Waals surface area (Å²) in [6.07, 6.45) is 1.70. The summed E-state index contributed by atoms with van der Waals surface area (Å²) in [5, 5.41) is 5.17. The molecule has 3 rings (SSSR count). The molecule has 0 saturated heterocycles. The lowest BCUT2D eigenvalue weighted by molar-refractivity contribution is 0.0956. The molecule has 0 aliphatic heterocycles. The van der Waals surface area contributed by atoms with Crippen LogP contribution in [0.4, 0.5) is 0 Å². The van der Waals surface area contributed by atoms with Gasteiger partial charge in [-0.1, -0.05) is 43.1 Å². The molecular weight excluding hydrogens is 354 g/mol. The van der Waals surface area contributed by atoms with Gasteiger partial charge in [0.05, 0.1) is 26.0 Å². The van der Waals surface area contributed by atoms with E-state index < -0.39 is 0 Å². The lowest BCUT2D eigenvalue weighted by Crippen LogP contribution is -2.20. The Labute approximate surface area is 155 Å². The Balaban J connectivity index is 1.91.